The Labute approximate surface area is 155 Å². The Morgan fingerprint density at radius 1 is 1.15 bits per heavy atom. The average molecular weight is 365 g/mol. The lowest BCUT2D eigenvalue weighted by Gasteiger charge is -2.35. The molecule has 26 heavy (non-hydrogen) atoms. The number of hydrogen-bond donors (Lipinski definition) is 3. The van der Waals surface area contributed by atoms with Crippen LogP contribution in [0.2, 0.25) is 0 Å². The van der Waals surface area contributed by atoms with E-state index in [2.05, 4.69) is 5.32 Å². The van der Waals surface area contributed by atoms with Crippen LogP contribution >= 0.6 is 0 Å². The van der Waals surface area contributed by atoms with Gasteiger partial charge in [-0.25, -0.2) is 4.79 Å². The number of nitrogens with one attached hydrogen (secondary N) is 1. The zero-order valence-electron chi connectivity index (χ0n) is 16.7. The highest BCUT2D eigenvalue weighted by atomic mass is 16.6. The number of carboxylic acids is 1. The third-order valence-corrected chi connectivity index (χ3v) is 4.08. The molecule has 0 fully saturated rings. The van der Waals surface area contributed by atoms with Crippen LogP contribution in [-0.4, -0.2) is 33.9 Å². The van der Waals surface area contributed by atoms with E-state index in [-0.39, 0.29) is 12.2 Å². The molecule has 6 nitrogen and oxygen atoms in total. The number of rotatable bonds is 5. The van der Waals surface area contributed by atoms with Gasteiger partial charge in [0.25, 0.3) is 0 Å². The minimum absolute atomic E-state index is 0.101. The van der Waals surface area contributed by atoms with E-state index in [4.69, 9.17) is 4.74 Å². The van der Waals surface area contributed by atoms with Crippen molar-refractivity contribution in [1.29, 1.82) is 0 Å². The molecule has 0 heterocycles. The first-order valence-corrected chi connectivity index (χ1v) is 8.71. The summed E-state index contributed by atoms with van der Waals surface area (Å²) < 4.78 is 5.31. The van der Waals surface area contributed by atoms with E-state index < -0.39 is 35.0 Å². The summed E-state index contributed by atoms with van der Waals surface area (Å²) in [6, 6.07) is 4.25. The van der Waals surface area contributed by atoms with Gasteiger partial charge in [0, 0.05) is 0 Å². The van der Waals surface area contributed by atoms with Crippen LogP contribution in [0.4, 0.5) is 4.79 Å². The summed E-state index contributed by atoms with van der Waals surface area (Å²) in [4.78, 5) is 24.2. The summed E-state index contributed by atoms with van der Waals surface area (Å²) >= 11 is 0. The molecule has 0 aromatic heterocycles. The van der Waals surface area contributed by atoms with Gasteiger partial charge in [0.2, 0.25) is 0 Å². The zero-order valence-corrected chi connectivity index (χ0v) is 16.7. The molecule has 0 saturated carbocycles. The first-order valence-electron chi connectivity index (χ1n) is 8.71. The van der Waals surface area contributed by atoms with Crippen molar-refractivity contribution in [2.45, 2.75) is 66.5 Å². The van der Waals surface area contributed by atoms with Crippen LogP contribution in [0.3, 0.4) is 0 Å². The highest BCUT2D eigenvalue weighted by Gasteiger charge is 2.39. The van der Waals surface area contributed by atoms with Gasteiger partial charge < -0.3 is 20.3 Å². The molecule has 6 heteroatoms. The number of amides is 1. The van der Waals surface area contributed by atoms with E-state index in [0.717, 1.165) is 11.1 Å². The predicted molar refractivity (Wildman–Crippen MR) is 100 cm³/mol. The lowest BCUT2D eigenvalue weighted by molar-refractivity contribution is -0.146. The number of alkyl carbamates (subject to hydrolysis) is 1. The number of carbonyl (C=O) groups is 2. The zero-order chi connectivity index (χ0) is 20.3. The molecule has 1 rings (SSSR count). The fourth-order valence-corrected chi connectivity index (χ4v) is 2.97. The second-order valence-corrected chi connectivity index (χ2v) is 8.75. The van der Waals surface area contributed by atoms with E-state index >= 15 is 0 Å². The van der Waals surface area contributed by atoms with Crippen LogP contribution in [-0.2, 0) is 16.0 Å². The van der Waals surface area contributed by atoms with Crippen molar-refractivity contribution in [2.75, 3.05) is 0 Å². The second kappa shape index (κ2) is 7.98. The molecule has 1 aromatic carbocycles. The molecule has 1 unspecified atom stereocenters. The average Bonchev–Trinajstić information content (AvgIpc) is 2.38. The lowest BCUT2D eigenvalue weighted by Crippen LogP contribution is -2.50. The molecule has 1 aromatic rings. The number of ether oxygens (including phenoxy) is 1. The van der Waals surface area contributed by atoms with Gasteiger partial charge in [0.15, 0.2) is 0 Å². The van der Waals surface area contributed by atoms with Gasteiger partial charge in [-0.3, -0.25) is 4.79 Å². The first-order chi connectivity index (χ1) is 11.7. The van der Waals surface area contributed by atoms with Crippen LogP contribution in [0.25, 0.3) is 0 Å². The topological polar surface area (TPSA) is 95.9 Å². The number of aromatic hydroxyl groups is 1. The van der Waals surface area contributed by atoms with Crippen LogP contribution < -0.4 is 5.32 Å². The van der Waals surface area contributed by atoms with Crippen molar-refractivity contribution in [2.24, 2.45) is 11.3 Å². The third-order valence-electron chi connectivity index (χ3n) is 4.08. The lowest BCUT2D eigenvalue weighted by atomic mass is 9.74. The number of phenols is 1. The number of carbonyl (C=O) groups excluding carboxylic acids is 1. The maximum atomic E-state index is 12.3. The van der Waals surface area contributed by atoms with Crippen molar-refractivity contribution in [3.05, 3.63) is 29.3 Å². The molecule has 0 spiro atoms. The highest BCUT2D eigenvalue weighted by molar-refractivity contribution is 5.74. The van der Waals surface area contributed by atoms with Crippen LogP contribution in [0.5, 0.6) is 5.75 Å². The Hall–Kier alpha value is -2.24. The Kier molecular flexibility index (Phi) is 6.69. The number of carboxylic acid groups (broad SMARTS) is 1. The predicted octanol–water partition coefficient (Wildman–Crippen LogP) is 3.88. The number of benzene rings is 1. The van der Waals surface area contributed by atoms with Gasteiger partial charge in [-0.2, -0.15) is 0 Å². The molecule has 1 amide bonds. The number of aliphatic carboxylic acids is 1. The van der Waals surface area contributed by atoms with Crippen molar-refractivity contribution < 1.29 is 24.5 Å². The van der Waals surface area contributed by atoms with E-state index in [1.165, 1.54) is 0 Å². The summed E-state index contributed by atoms with van der Waals surface area (Å²) in [6.45, 7) is 12.6. The maximum Gasteiger partial charge on any atom is 0.407 e. The molecule has 0 saturated heterocycles. The maximum absolute atomic E-state index is 12.3. The molecule has 2 atom stereocenters. The Bertz CT molecular complexity index is 655. The third kappa shape index (κ3) is 6.58. The molecule has 0 radical (unpaired) electrons. The van der Waals surface area contributed by atoms with Crippen LogP contribution in [0.15, 0.2) is 18.2 Å². The van der Waals surface area contributed by atoms with Gasteiger partial charge in [-0.1, -0.05) is 26.8 Å². The largest absolute Gasteiger partial charge is 0.508 e. The molecule has 0 aliphatic heterocycles. The normalized spacial score (nSPS) is 14.4. The molecule has 146 valence electrons. The number of hydrogen-bond acceptors (Lipinski definition) is 4. The molecule has 0 aliphatic carbocycles. The van der Waals surface area contributed by atoms with Crippen LogP contribution in [0.1, 0.15) is 52.7 Å². The van der Waals surface area contributed by atoms with E-state index in [0.29, 0.717) is 0 Å². The second-order valence-electron chi connectivity index (χ2n) is 8.75. The minimum Gasteiger partial charge on any atom is -0.508 e. The van der Waals surface area contributed by atoms with E-state index in [1.807, 2.05) is 27.7 Å². The Balaban J connectivity index is 3.21. The van der Waals surface area contributed by atoms with Crippen molar-refractivity contribution >= 4 is 12.1 Å². The standard InChI is InChI=1S/C20H31NO5/c1-12-8-9-14(22)10-13(12)11-15(16(17(23)24)19(2,3)4)21-18(25)26-20(5,6)7/h8-10,15-16,22H,11H2,1-7H3,(H,21,25)(H,23,24)/t15-,16?/m0/s1. The minimum atomic E-state index is -0.989. The molecule has 3 N–H and O–H groups in total. The quantitative estimate of drug-likeness (QED) is 0.736. The summed E-state index contributed by atoms with van der Waals surface area (Å²) in [5.74, 6) is -1.72. The molecule has 0 bridgehead atoms. The fraction of sp³-hybridized carbons (Fsp3) is 0.600. The van der Waals surface area contributed by atoms with Gasteiger partial charge in [0.1, 0.15) is 11.4 Å². The smallest absolute Gasteiger partial charge is 0.407 e. The highest BCUT2D eigenvalue weighted by Crippen LogP contribution is 2.32. The molecular formula is C20H31NO5. The fourth-order valence-electron chi connectivity index (χ4n) is 2.97. The van der Waals surface area contributed by atoms with E-state index in [1.54, 1.807) is 39.0 Å². The first kappa shape index (κ1) is 21.8. The van der Waals surface area contributed by atoms with Crippen LogP contribution in [0, 0.1) is 18.3 Å². The SMILES string of the molecule is Cc1ccc(O)cc1C[C@H](NC(=O)OC(C)(C)C)C(C(=O)O)C(C)(C)C. The Morgan fingerprint density at radius 2 is 1.73 bits per heavy atom. The molecule has 0 aliphatic rings. The summed E-state index contributed by atoms with van der Waals surface area (Å²) in [5.41, 5.74) is 0.421. The van der Waals surface area contributed by atoms with E-state index in [9.17, 15) is 19.8 Å². The van der Waals surface area contributed by atoms with Crippen molar-refractivity contribution in [3.8, 4) is 5.75 Å². The number of aryl methyl sites for hydroxylation is 1. The van der Waals surface area contributed by atoms with Gasteiger partial charge >= 0.3 is 12.1 Å². The number of phenolic OH excluding ortho intramolecular Hbond substituents is 1. The Morgan fingerprint density at radius 3 is 2.19 bits per heavy atom. The summed E-state index contributed by atoms with van der Waals surface area (Å²) in [6.07, 6.45) is -0.385. The van der Waals surface area contributed by atoms with Gasteiger partial charge in [-0.05, 0) is 62.8 Å². The van der Waals surface area contributed by atoms with Gasteiger partial charge in [0.05, 0.1) is 12.0 Å². The van der Waals surface area contributed by atoms with Crippen molar-refractivity contribution in [3.63, 3.8) is 0 Å². The monoisotopic (exact) mass is 365 g/mol. The summed E-state index contributed by atoms with van der Waals surface area (Å²) in [5, 5.41) is 22.3. The summed E-state index contributed by atoms with van der Waals surface area (Å²) in [7, 11) is 0. The molecular weight excluding hydrogens is 334 g/mol. The van der Waals surface area contributed by atoms with Crippen molar-refractivity contribution in [1.82, 2.24) is 5.32 Å². The van der Waals surface area contributed by atoms with Gasteiger partial charge in [-0.15, -0.1) is 0 Å².